The molecular weight excluding hydrogens is 493 g/mol. The van der Waals surface area contributed by atoms with Crippen molar-refractivity contribution in [2.75, 3.05) is 19.6 Å². The van der Waals surface area contributed by atoms with E-state index in [0.717, 1.165) is 6.07 Å². The monoisotopic (exact) mass is 518 g/mol. The second kappa shape index (κ2) is 10.2. The third kappa shape index (κ3) is 6.10. The molecule has 2 unspecified atom stereocenters. The Kier molecular flexibility index (Phi) is 7.96. The predicted octanol–water partition coefficient (Wildman–Crippen LogP) is 4.31. The standard InChI is InChI=1S/C23H26ClF3N2O4S/c1-15-13-28(9-8-17-6-7-20(21(24)11-17)23(25,26)27)14-16(2)29(15)34(32,33)19-5-3-4-18(10-19)12-22(30)31/h3-7,10-11,15-16H,8-9,12-14H2,1-2H3,(H,30,31). The molecule has 1 aliphatic rings. The van der Waals surface area contributed by atoms with Crippen LogP contribution in [0.5, 0.6) is 0 Å². The maximum absolute atomic E-state index is 13.3. The van der Waals surface area contributed by atoms with Crippen molar-refractivity contribution in [1.82, 2.24) is 9.21 Å². The molecule has 1 heterocycles. The van der Waals surface area contributed by atoms with Crippen molar-refractivity contribution in [2.24, 2.45) is 0 Å². The van der Waals surface area contributed by atoms with Crippen LogP contribution < -0.4 is 0 Å². The van der Waals surface area contributed by atoms with Gasteiger partial charge in [-0.15, -0.1) is 0 Å². The SMILES string of the molecule is CC1CN(CCc2ccc(C(F)(F)F)c(Cl)c2)CC(C)N1S(=O)(=O)c1cccc(CC(=O)O)c1. The van der Waals surface area contributed by atoms with Gasteiger partial charge < -0.3 is 5.11 Å². The average Bonchev–Trinajstić information content (AvgIpc) is 2.70. The van der Waals surface area contributed by atoms with E-state index in [-0.39, 0.29) is 28.4 Å². The molecule has 0 saturated carbocycles. The molecule has 1 aliphatic heterocycles. The molecule has 1 N–H and O–H groups in total. The molecule has 0 aromatic heterocycles. The maximum Gasteiger partial charge on any atom is 0.417 e. The van der Waals surface area contributed by atoms with Gasteiger partial charge in [0.1, 0.15) is 0 Å². The average molecular weight is 519 g/mol. The highest BCUT2D eigenvalue weighted by molar-refractivity contribution is 7.89. The molecule has 2 aromatic carbocycles. The normalized spacial score (nSPS) is 20.4. The largest absolute Gasteiger partial charge is 0.481 e. The van der Waals surface area contributed by atoms with Gasteiger partial charge in [0.25, 0.3) is 0 Å². The third-order valence-corrected chi connectivity index (χ3v) is 8.24. The number of hydrogen-bond donors (Lipinski definition) is 1. The lowest BCUT2D eigenvalue weighted by atomic mass is 10.1. The van der Waals surface area contributed by atoms with Crippen LogP contribution in [0.1, 0.15) is 30.5 Å². The van der Waals surface area contributed by atoms with Gasteiger partial charge >= 0.3 is 12.1 Å². The zero-order chi connectivity index (χ0) is 25.3. The Morgan fingerprint density at radius 2 is 1.74 bits per heavy atom. The second-order valence-corrected chi connectivity index (χ2v) is 10.8. The molecule has 0 amide bonds. The van der Waals surface area contributed by atoms with Gasteiger partial charge in [0.2, 0.25) is 10.0 Å². The Morgan fingerprint density at radius 3 is 2.29 bits per heavy atom. The van der Waals surface area contributed by atoms with E-state index in [1.54, 1.807) is 19.9 Å². The highest BCUT2D eigenvalue weighted by atomic mass is 35.5. The lowest BCUT2D eigenvalue weighted by Gasteiger charge is -2.43. The van der Waals surface area contributed by atoms with Gasteiger partial charge in [-0.1, -0.05) is 29.8 Å². The van der Waals surface area contributed by atoms with E-state index in [4.69, 9.17) is 16.7 Å². The fourth-order valence-corrected chi connectivity index (χ4v) is 6.60. The first kappa shape index (κ1) is 26.5. The molecule has 1 fully saturated rings. The Hall–Kier alpha value is -2.14. The van der Waals surface area contributed by atoms with Crippen LogP contribution in [0.15, 0.2) is 47.4 Å². The summed E-state index contributed by atoms with van der Waals surface area (Å²) in [7, 11) is -3.84. The molecular formula is C23H26ClF3N2O4S. The summed E-state index contributed by atoms with van der Waals surface area (Å²) in [5, 5.41) is 8.66. The quantitative estimate of drug-likeness (QED) is 0.591. The summed E-state index contributed by atoms with van der Waals surface area (Å²) in [6.07, 6.45) is -4.30. The number of rotatable bonds is 7. The topological polar surface area (TPSA) is 77.9 Å². The number of halogens is 4. The van der Waals surface area contributed by atoms with Crippen molar-refractivity contribution >= 4 is 27.6 Å². The van der Waals surface area contributed by atoms with Crippen molar-refractivity contribution in [2.45, 2.75) is 49.8 Å². The van der Waals surface area contributed by atoms with Crippen LogP contribution in [0.3, 0.4) is 0 Å². The number of hydrogen-bond acceptors (Lipinski definition) is 4. The number of piperazine rings is 1. The van der Waals surface area contributed by atoms with Crippen LogP contribution >= 0.6 is 11.6 Å². The summed E-state index contributed by atoms with van der Waals surface area (Å²) in [5.41, 5.74) is 0.206. The number of carboxylic acids is 1. The first-order valence-electron chi connectivity index (χ1n) is 10.7. The fraction of sp³-hybridized carbons (Fsp3) is 0.435. The van der Waals surface area contributed by atoms with Gasteiger partial charge in [-0.05, 0) is 55.7 Å². The van der Waals surface area contributed by atoms with E-state index in [9.17, 15) is 26.4 Å². The highest BCUT2D eigenvalue weighted by Gasteiger charge is 2.38. The Labute approximate surface area is 202 Å². The van der Waals surface area contributed by atoms with Crippen LogP contribution in [0.2, 0.25) is 5.02 Å². The van der Waals surface area contributed by atoms with E-state index in [2.05, 4.69) is 4.90 Å². The Morgan fingerprint density at radius 1 is 1.09 bits per heavy atom. The summed E-state index contributed by atoms with van der Waals surface area (Å²) in [4.78, 5) is 13.1. The zero-order valence-electron chi connectivity index (χ0n) is 18.7. The van der Waals surface area contributed by atoms with E-state index >= 15 is 0 Å². The van der Waals surface area contributed by atoms with Gasteiger partial charge in [0.15, 0.2) is 0 Å². The number of sulfonamides is 1. The minimum absolute atomic E-state index is 0.0535. The van der Waals surface area contributed by atoms with Gasteiger partial charge in [-0.2, -0.15) is 17.5 Å². The fourth-order valence-electron chi connectivity index (χ4n) is 4.42. The number of nitrogens with zero attached hydrogens (tertiary/aromatic N) is 2. The molecule has 0 bridgehead atoms. The van der Waals surface area contributed by atoms with Crippen LogP contribution in [-0.2, 0) is 33.8 Å². The van der Waals surface area contributed by atoms with Crippen LogP contribution in [0.4, 0.5) is 13.2 Å². The van der Waals surface area contributed by atoms with Crippen molar-refractivity contribution < 1.29 is 31.5 Å². The van der Waals surface area contributed by atoms with Crippen molar-refractivity contribution in [3.63, 3.8) is 0 Å². The number of aliphatic carboxylic acids is 1. The Balaban J connectivity index is 1.68. The van der Waals surface area contributed by atoms with E-state index < -0.39 is 27.7 Å². The summed E-state index contributed by atoms with van der Waals surface area (Å²) < 4.78 is 66.8. The lowest BCUT2D eigenvalue weighted by molar-refractivity contribution is -0.138. The van der Waals surface area contributed by atoms with E-state index in [1.807, 2.05) is 0 Å². The molecule has 6 nitrogen and oxygen atoms in total. The van der Waals surface area contributed by atoms with Gasteiger partial charge in [0.05, 0.1) is 21.9 Å². The first-order chi connectivity index (χ1) is 15.8. The van der Waals surface area contributed by atoms with Crippen LogP contribution in [-0.4, -0.2) is 60.4 Å². The molecule has 2 aromatic rings. The molecule has 0 spiro atoms. The number of carbonyl (C=O) groups is 1. The lowest BCUT2D eigenvalue weighted by Crippen LogP contribution is -2.58. The molecule has 2 atom stereocenters. The minimum atomic E-state index is -4.50. The van der Waals surface area contributed by atoms with E-state index in [1.165, 1.54) is 34.6 Å². The van der Waals surface area contributed by atoms with Gasteiger partial charge in [-0.3, -0.25) is 9.69 Å². The molecule has 34 heavy (non-hydrogen) atoms. The van der Waals surface area contributed by atoms with Gasteiger partial charge in [0, 0.05) is 31.7 Å². The predicted molar refractivity (Wildman–Crippen MR) is 122 cm³/mol. The third-order valence-electron chi connectivity index (χ3n) is 5.80. The van der Waals surface area contributed by atoms with Crippen LogP contribution in [0.25, 0.3) is 0 Å². The van der Waals surface area contributed by atoms with Gasteiger partial charge in [-0.25, -0.2) is 8.42 Å². The molecule has 11 heteroatoms. The molecule has 0 aliphatic carbocycles. The molecule has 3 rings (SSSR count). The molecule has 0 radical (unpaired) electrons. The summed E-state index contributed by atoms with van der Waals surface area (Å²) in [6, 6.07) is 8.96. The minimum Gasteiger partial charge on any atom is -0.481 e. The Bertz CT molecular complexity index is 1150. The van der Waals surface area contributed by atoms with Crippen molar-refractivity contribution in [1.29, 1.82) is 0 Å². The zero-order valence-corrected chi connectivity index (χ0v) is 20.3. The highest BCUT2D eigenvalue weighted by Crippen LogP contribution is 2.35. The number of benzene rings is 2. The first-order valence-corrected chi connectivity index (χ1v) is 12.5. The maximum atomic E-state index is 13.3. The summed E-state index contributed by atoms with van der Waals surface area (Å²) in [6.45, 7) is 5.05. The second-order valence-electron chi connectivity index (χ2n) is 8.57. The molecule has 186 valence electrons. The smallest absolute Gasteiger partial charge is 0.417 e. The van der Waals surface area contributed by atoms with E-state index in [0.29, 0.717) is 37.2 Å². The summed E-state index contributed by atoms with van der Waals surface area (Å²) in [5.74, 6) is -1.04. The van der Waals surface area contributed by atoms with Crippen LogP contribution in [0, 0.1) is 0 Å². The van der Waals surface area contributed by atoms with Crippen molar-refractivity contribution in [3.8, 4) is 0 Å². The summed E-state index contributed by atoms with van der Waals surface area (Å²) >= 11 is 5.81. The molecule has 1 saturated heterocycles. The number of carboxylic acid groups (broad SMARTS) is 1. The van der Waals surface area contributed by atoms with Crippen molar-refractivity contribution in [3.05, 3.63) is 64.2 Å². The number of alkyl halides is 3.